The average molecular weight is 464 g/mol. The zero-order chi connectivity index (χ0) is 24.1. The first-order valence-electron chi connectivity index (χ1n) is 11.2. The average Bonchev–Trinajstić information content (AvgIpc) is 3.47. The molecule has 6 aromatic rings. The van der Waals surface area contributed by atoms with E-state index in [0.29, 0.717) is 5.65 Å². The number of fused-ring (bicyclic) bond motifs is 2. The molecule has 1 aromatic carbocycles. The first-order valence-corrected chi connectivity index (χ1v) is 11.2. The Morgan fingerprint density at radius 1 is 0.800 bits per heavy atom. The molecule has 0 unspecified atom stereocenters. The standard InChI is InChI=1S/C27H22FN7/c1-15-4-16(6-19(28)5-15)23-13-30-14-25-21(23)9-24(32-25)26-22-8-18(11-31-27(22)34-33-26)17-7-20(35(2)3)12-29-10-17/h4-14,32H,1-3H3,(H,31,33,34). The minimum Gasteiger partial charge on any atom is -0.376 e. The van der Waals surface area contributed by atoms with E-state index < -0.39 is 0 Å². The molecule has 35 heavy (non-hydrogen) atoms. The molecule has 0 aliphatic heterocycles. The van der Waals surface area contributed by atoms with Gasteiger partial charge in [-0.3, -0.25) is 15.1 Å². The number of anilines is 1. The summed E-state index contributed by atoms with van der Waals surface area (Å²) in [5, 5.41) is 9.42. The van der Waals surface area contributed by atoms with Gasteiger partial charge in [-0.1, -0.05) is 6.07 Å². The number of nitrogens with zero attached hydrogens (tertiary/aromatic N) is 5. The van der Waals surface area contributed by atoms with Crippen molar-refractivity contribution in [1.29, 1.82) is 0 Å². The van der Waals surface area contributed by atoms with Gasteiger partial charge in [-0.05, 0) is 48.4 Å². The van der Waals surface area contributed by atoms with Crippen molar-refractivity contribution >= 4 is 27.6 Å². The van der Waals surface area contributed by atoms with E-state index in [9.17, 15) is 4.39 Å². The van der Waals surface area contributed by atoms with E-state index in [2.05, 4.69) is 42.3 Å². The third kappa shape index (κ3) is 3.69. The Morgan fingerprint density at radius 3 is 2.46 bits per heavy atom. The molecule has 2 N–H and O–H groups in total. The minimum absolute atomic E-state index is 0.266. The first-order chi connectivity index (χ1) is 17.0. The fraction of sp³-hybridized carbons (Fsp3) is 0.111. The second-order valence-electron chi connectivity index (χ2n) is 8.87. The Balaban J connectivity index is 1.48. The van der Waals surface area contributed by atoms with Crippen LogP contribution in [0.2, 0.25) is 0 Å². The highest BCUT2D eigenvalue weighted by molar-refractivity contribution is 6.00. The maximum Gasteiger partial charge on any atom is 0.155 e. The van der Waals surface area contributed by atoms with Gasteiger partial charge in [0.25, 0.3) is 0 Å². The number of aryl methyl sites for hydroxylation is 1. The highest BCUT2D eigenvalue weighted by Gasteiger charge is 2.16. The van der Waals surface area contributed by atoms with Gasteiger partial charge in [0.15, 0.2) is 5.65 Å². The zero-order valence-electron chi connectivity index (χ0n) is 19.5. The summed E-state index contributed by atoms with van der Waals surface area (Å²) in [6.07, 6.45) is 9.01. The smallest absolute Gasteiger partial charge is 0.155 e. The van der Waals surface area contributed by atoms with E-state index in [-0.39, 0.29) is 5.82 Å². The number of benzene rings is 1. The van der Waals surface area contributed by atoms with E-state index >= 15 is 0 Å². The lowest BCUT2D eigenvalue weighted by molar-refractivity contribution is 0.627. The predicted octanol–water partition coefficient (Wildman–Crippen LogP) is 5.74. The number of halogens is 1. The highest BCUT2D eigenvalue weighted by atomic mass is 19.1. The molecule has 0 bridgehead atoms. The lowest BCUT2D eigenvalue weighted by Gasteiger charge is -2.12. The normalized spacial score (nSPS) is 11.4. The van der Waals surface area contributed by atoms with E-state index in [4.69, 9.17) is 0 Å². The molecule has 5 aromatic heterocycles. The van der Waals surface area contributed by atoms with Crippen LogP contribution in [0.3, 0.4) is 0 Å². The van der Waals surface area contributed by atoms with Gasteiger partial charge in [0.1, 0.15) is 11.5 Å². The van der Waals surface area contributed by atoms with Crippen molar-refractivity contribution in [1.82, 2.24) is 30.1 Å². The van der Waals surface area contributed by atoms with Crippen LogP contribution in [0.5, 0.6) is 0 Å². The van der Waals surface area contributed by atoms with Crippen molar-refractivity contribution in [2.24, 2.45) is 0 Å². The van der Waals surface area contributed by atoms with Gasteiger partial charge in [-0.15, -0.1) is 0 Å². The molecular weight excluding hydrogens is 441 g/mol. The lowest BCUT2D eigenvalue weighted by Crippen LogP contribution is -2.08. The summed E-state index contributed by atoms with van der Waals surface area (Å²) in [5.41, 5.74) is 8.56. The number of aromatic amines is 2. The van der Waals surface area contributed by atoms with Crippen LogP contribution in [-0.2, 0) is 0 Å². The van der Waals surface area contributed by atoms with Gasteiger partial charge in [-0.25, -0.2) is 9.37 Å². The number of hydrogen-bond donors (Lipinski definition) is 2. The Labute approximate surface area is 200 Å². The lowest BCUT2D eigenvalue weighted by atomic mass is 10.0. The van der Waals surface area contributed by atoms with Crippen molar-refractivity contribution in [2.45, 2.75) is 6.92 Å². The molecule has 0 saturated carbocycles. The van der Waals surface area contributed by atoms with Crippen LogP contribution in [0.1, 0.15) is 5.56 Å². The summed E-state index contributed by atoms with van der Waals surface area (Å²) in [5.74, 6) is -0.266. The molecular formula is C27H22FN7. The number of rotatable bonds is 4. The van der Waals surface area contributed by atoms with E-state index in [0.717, 1.165) is 61.2 Å². The molecule has 0 saturated heterocycles. The minimum atomic E-state index is -0.266. The summed E-state index contributed by atoms with van der Waals surface area (Å²) >= 11 is 0. The van der Waals surface area contributed by atoms with Crippen LogP contribution in [0.4, 0.5) is 10.1 Å². The van der Waals surface area contributed by atoms with Gasteiger partial charge in [0.05, 0.1) is 29.3 Å². The molecule has 0 atom stereocenters. The molecule has 0 fully saturated rings. The SMILES string of the molecule is Cc1cc(F)cc(-c2cncc3[nH]c(-c4n[nH]c5ncc(-c6cncc(N(C)C)c6)cc45)cc23)c1. The van der Waals surface area contributed by atoms with Gasteiger partial charge >= 0.3 is 0 Å². The number of nitrogens with one attached hydrogen (secondary N) is 2. The van der Waals surface area contributed by atoms with Crippen LogP contribution in [0.25, 0.3) is 55.6 Å². The topological polar surface area (TPSA) is 86.4 Å². The molecule has 0 spiro atoms. The van der Waals surface area contributed by atoms with Gasteiger partial charge in [0, 0.05) is 60.1 Å². The van der Waals surface area contributed by atoms with Crippen molar-refractivity contribution in [3.8, 4) is 33.6 Å². The number of aromatic nitrogens is 6. The maximum absolute atomic E-state index is 14.1. The summed E-state index contributed by atoms with van der Waals surface area (Å²) in [4.78, 5) is 18.8. The molecule has 172 valence electrons. The monoisotopic (exact) mass is 463 g/mol. The van der Waals surface area contributed by atoms with Gasteiger partial charge < -0.3 is 9.88 Å². The Kier molecular flexibility index (Phi) is 4.81. The number of hydrogen-bond acceptors (Lipinski definition) is 5. The third-order valence-electron chi connectivity index (χ3n) is 6.14. The molecule has 6 rings (SSSR count). The van der Waals surface area contributed by atoms with Crippen molar-refractivity contribution in [3.63, 3.8) is 0 Å². The quantitative estimate of drug-likeness (QED) is 0.348. The number of H-pyrrole nitrogens is 2. The second kappa shape index (κ2) is 8.02. The van der Waals surface area contributed by atoms with E-state index in [1.807, 2.05) is 56.6 Å². The molecule has 0 radical (unpaired) electrons. The maximum atomic E-state index is 14.1. The van der Waals surface area contributed by atoms with Crippen LogP contribution in [-0.4, -0.2) is 44.2 Å². The second-order valence-corrected chi connectivity index (χ2v) is 8.87. The number of pyridine rings is 3. The van der Waals surface area contributed by atoms with Crippen LogP contribution < -0.4 is 4.90 Å². The van der Waals surface area contributed by atoms with Crippen LogP contribution in [0.15, 0.2) is 67.4 Å². The van der Waals surface area contributed by atoms with E-state index in [1.165, 1.54) is 12.1 Å². The van der Waals surface area contributed by atoms with Crippen LogP contribution >= 0.6 is 0 Å². The van der Waals surface area contributed by atoms with Crippen molar-refractivity contribution in [2.75, 3.05) is 19.0 Å². The molecule has 8 heteroatoms. The molecule has 0 aliphatic rings. The molecule has 0 amide bonds. The summed E-state index contributed by atoms with van der Waals surface area (Å²) in [6.45, 7) is 1.88. The van der Waals surface area contributed by atoms with Crippen molar-refractivity contribution in [3.05, 3.63) is 78.8 Å². The first kappa shape index (κ1) is 21.0. The Bertz CT molecular complexity index is 1690. The highest BCUT2D eigenvalue weighted by Crippen LogP contribution is 2.35. The summed E-state index contributed by atoms with van der Waals surface area (Å²) in [7, 11) is 3.97. The molecule has 5 heterocycles. The largest absolute Gasteiger partial charge is 0.376 e. The predicted molar refractivity (Wildman–Crippen MR) is 137 cm³/mol. The van der Waals surface area contributed by atoms with Crippen molar-refractivity contribution < 1.29 is 4.39 Å². The van der Waals surface area contributed by atoms with Gasteiger partial charge in [-0.2, -0.15) is 5.10 Å². The van der Waals surface area contributed by atoms with Crippen LogP contribution in [0, 0.1) is 12.7 Å². The van der Waals surface area contributed by atoms with E-state index in [1.54, 1.807) is 12.4 Å². The third-order valence-corrected chi connectivity index (χ3v) is 6.14. The summed E-state index contributed by atoms with van der Waals surface area (Å²) < 4.78 is 14.1. The molecule has 0 aliphatic carbocycles. The summed E-state index contributed by atoms with van der Waals surface area (Å²) in [6, 6.07) is 11.2. The Hall–Kier alpha value is -4.59. The van der Waals surface area contributed by atoms with Gasteiger partial charge in [0.2, 0.25) is 0 Å². The fourth-order valence-electron chi connectivity index (χ4n) is 4.40. The zero-order valence-corrected chi connectivity index (χ0v) is 19.5. The Morgan fingerprint density at radius 2 is 1.63 bits per heavy atom. The fourth-order valence-corrected chi connectivity index (χ4v) is 4.40. The molecule has 7 nitrogen and oxygen atoms in total.